The van der Waals surface area contributed by atoms with Crippen molar-refractivity contribution in [1.82, 2.24) is 10.0 Å². The van der Waals surface area contributed by atoms with Crippen LogP contribution in [0.25, 0.3) is 0 Å². The number of hydrogen-bond acceptors (Lipinski definition) is 6. The third-order valence-electron chi connectivity index (χ3n) is 3.78. The Morgan fingerprint density at radius 1 is 1.11 bits per heavy atom. The first-order valence-electron chi connectivity index (χ1n) is 8.62. The molecule has 1 atom stereocenters. The van der Waals surface area contributed by atoms with E-state index >= 15 is 0 Å². The normalized spacial score (nSPS) is 12.5. The maximum Gasteiger partial charge on any atom is 0.307 e. The number of rotatable bonds is 10. The first kappa shape index (κ1) is 23.1. The highest BCUT2D eigenvalue weighted by molar-refractivity contribution is 7.89. The molecule has 0 aliphatic heterocycles. The number of benzene rings is 1. The van der Waals surface area contributed by atoms with Crippen LogP contribution < -0.4 is 10.0 Å². The van der Waals surface area contributed by atoms with E-state index in [1.807, 2.05) is 6.92 Å². The number of carbonyl (C=O) groups excluding carboxylic acids is 2. The number of methoxy groups -OCH3 is 1. The molecule has 0 aliphatic carbocycles. The average molecular weight is 400 g/mol. The van der Waals surface area contributed by atoms with Crippen molar-refractivity contribution in [1.29, 1.82) is 0 Å². The molecule has 0 heterocycles. The second-order valence-corrected chi connectivity index (χ2v) is 8.00. The molecule has 0 saturated heterocycles. The van der Waals surface area contributed by atoms with Crippen molar-refractivity contribution in [3.63, 3.8) is 0 Å². The number of sulfonamides is 1. The number of nitrogens with one attached hydrogen (secondary N) is 2. The van der Waals surface area contributed by atoms with Crippen LogP contribution in [0.15, 0.2) is 17.0 Å². The zero-order valence-corrected chi connectivity index (χ0v) is 17.2. The summed E-state index contributed by atoms with van der Waals surface area (Å²) in [7, 11) is -2.23. The fraction of sp³-hybridized carbons (Fsp3) is 0.556. The molecule has 0 radical (unpaired) electrons. The van der Waals surface area contributed by atoms with Gasteiger partial charge in [-0.2, -0.15) is 0 Å². The number of carbonyl (C=O) groups is 2. The lowest BCUT2D eigenvalue weighted by Gasteiger charge is -2.14. The van der Waals surface area contributed by atoms with Gasteiger partial charge in [0.05, 0.1) is 17.9 Å². The zero-order chi connectivity index (χ0) is 20.6. The van der Waals surface area contributed by atoms with Gasteiger partial charge in [0.1, 0.15) is 0 Å². The van der Waals surface area contributed by atoms with Gasteiger partial charge in [-0.05, 0) is 38.8 Å². The standard InChI is InChI=1S/C18H28N2O6S/c1-12-10-13(2)17(14(3)11-12)27(23,24)20-7-6-16(21)26-15(4)18(22)19-8-9-25-5/h10-11,15,20H,6-9H2,1-5H3,(H,19,22)/t15-/m1/s1. The van der Waals surface area contributed by atoms with E-state index in [0.717, 1.165) is 5.56 Å². The first-order valence-corrected chi connectivity index (χ1v) is 10.1. The lowest BCUT2D eigenvalue weighted by Crippen LogP contribution is -2.38. The summed E-state index contributed by atoms with van der Waals surface area (Å²) in [5.41, 5.74) is 2.26. The number of amides is 1. The molecule has 0 bridgehead atoms. The van der Waals surface area contributed by atoms with E-state index < -0.39 is 28.0 Å². The summed E-state index contributed by atoms with van der Waals surface area (Å²) in [5.74, 6) is -1.10. The smallest absolute Gasteiger partial charge is 0.307 e. The van der Waals surface area contributed by atoms with E-state index in [9.17, 15) is 18.0 Å². The quantitative estimate of drug-likeness (QED) is 0.447. The molecule has 0 aliphatic rings. The fourth-order valence-corrected chi connectivity index (χ4v) is 4.16. The highest BCUT2D eigenvalue weighted by atomic mass is 32.2. The molecule has 0 unspecified atom stereocenters. The lowest BCUT2D eigenvalue weighted by molar-refractivity contribution is -0.154. The Hall–Kier alpha value is -1.97. The Balaban J connectivity index is 2.55. The van der Waals surface area contributed by atoms with Gasteiger partial charge in [0.15, 0.2) is 6.10 Å². The Bertz CT molecular complexity index is 753. The molecule has 1 aromatic rings. The van der Waals surface area contributed by atoms with Gasteiger partial charge in [0.25, 0.3) is 5.91 Å². The minimum Gasteiger partial charge on any atom is -0.453 e. The minimum absolute atomic E-state index is 0.119. The van der Waals surface area contributed by atoms with Crippen molar-refractivity contribution in [3.8, 4) is 0 Å². The first-order chi connectivity index (χ1) is 12.6. The summed E-state index contributed by atoms with van der Waals surface area (Å²) in [5, 5.41) is 2.55. The van der Waals surface area contributed by atoms with Crippen molar-refractivity contribution >= 4 is 21.9 Å². The molecule has 0 saturated carbocycles. The van der Waals surface area contributed by atoms with Crippen molar-refractivity contribution < 1.29 is 27.5 Å². The van der Waals surface area contributed by atoms with E-state index in [2.05, 4.69) is 10.0 Å². The predicted octanol–water partition coefficient (Wildman–Crippen LogP) is 0.975. The monoisotopic (exact) mass is 400 g/mol. The largest absolute Gasteiger partial charge is 0.453 e. The number of aryl methyl sites for hydroxylation is 3. The maximum absolute atomic E-state index is 12.5. The number of hydrogen-bond donors (Lipinski definition) is 2. The van der Waals surface area contributed by atoms with E-state index in [1.165, 1.54) is 14.0 Å². The SMILES string of the molecule is COCCNC(=O)[C@@H](C)OC(=O)CCNS(=O)(=O)c1c(C)cc(C)cc1C. The molecule has 9 heteroatoms. The highest BCUT2D eigenvalue weighted by Crippen LogP contribution is 2.21. The van der Waals surface area contributed by atoms with Gasteiger partial charge in [-0.1, -0.05) is 17.7 Å². The Labute approximate surface area is 160 Å². The molecule has 2 N–H and O–H groups in total. The summed E-state index contributed by atoms with van der Waals surface area (Å²) in [6, 6.07) is 3.58. The van der Waals surface area contributed by atoms with E-state index in [1.54, 1.807) is 26.0 Å². The molecule has 1 rings (SSSR count). The molecule has 1 amide bonds. The second-order valence-electron chi connectivity index (χ2n) is 6.29. The molecular weight excluding hydrogens is 372 g/mol. The van der Waals surface area contributed by atoms with Gasteiger partial charge >= 0.3 is 5.97 Å². The molecular formula is C18H28N2O6S. The molecule has 1 aromatic carbocycles. The van der Waals surface area contributed by atoms with Crippen molar-refractivity contribution in [3.05, 3.63) is 28.8 Å². The zero-order valence-electron chi connectivity index (χ0n) is 16.4. The van der Waals surface area contributed by atoms with E-state index in [4.69, 9.17) is 9.47 Å². The van der Waals surface area contributed by atoms with E-state index in [-0.39, 0.29) is 17.9 Å². The van der Waals surface area contributed by atoms with Crippen molar-refractivity contribution in [2.24, 2.45) is 0 Å². The molecule has 0 spiro atoms. The second kappa shape index (κ2) is 10.4. The van der Waals surface area contributed by atoms with E-state index in [0.29, 0.717) is 24.3 Å². The topological polar surface area (TPSA) is 111 Å². The van der Waals surface area contributed by atoms with Crippen LogP contribution in [0.4, 0.5) is 0 Å². The van der Waals surface area contributed by atoms with Crippen molar-refractivity contribution in [2.75, 3.05) is 26.8 Å². The molecule has 27 heavy (non-hydrogen) atoms. The Kier molecular flexibility index (Phi) is 8.87. The van der Waals surface area contributed by atoms with Gasteiger partial charge in [0.2, 0.25) is 10.0 Å². The summed E-state index contributed by atoms with van der Waals surface area (Å²) in [4.78, 5) is 23.8. The fourth-order valence-electron chi connectivity index (χ4n) is 2.68. The summed E-state index contributed by atoms with van der Waals surface area (Å²) in [6.07, 6.45) is -1.15. The minimum atomic E-state index is -3.74. The van der Waals surface area contributed by atoms with Crippen molar-refractivity contribution in [2.45, 2.75) is 45.1 Å². The molecule has 0 aromatic heterocycles. The Morgan fingerprint density at radius 3 is 2.26 bits per heavy atom. The molecule has 8 nitrogen and oxygen atoms in total. The van der Waals surface area contributed by atoms with Gasteiger partial charge in [-0.15, -0.1) is 0 Å². The van der Waals surface area contributed by atoms with Crippen LogP contribution in [0.5, 0.6) is 0 Å². The highest BCUT2D eigenvalue weighted by Gasteiger charge is 2.21. The molecule has 0 fully saturated rings. The van der Waals surface area contributed by atoms with Gasteiger partial charge in [-0.3, -0.25) is 9.59 Å². The van der Waals surface area contributed by atoms with Gasteiger partial charge in [0, 0.05) is 20.2 Å². The summed E-state index contributed by atoms with van der Waals surface area (Å²) in [6.45, 7) is 7.35. The van der Waals surface area contributed by atoms with Crippen LogP contribution in [-0.2, 0) is 29.1 Å². The average Bonchev–Trinajstić information content (AvgIpc) is 2.53. The predicted molar refractivity (Wildman–Crippen MR) is 101 cm³/mol. The summed E-state index contributed by atoms with van der Waals surface area (Å²) < 4.78 is 37.2. The Morgan fingerprint density at radius 2 is 1.70 bits per heavy atom. The summed E-state index contributed by atoms with van der Waals surface area (Å²) >= 11 is 0. The van der Waals surface area contributed by atoms with Crippen LogP contribution in [-0.4, -0.2) is 53.2 Å². The van der Waals surface area contributed by atoms with Crippen LogP contribution in [0, 0.1) is 20.8 Å². The van der Waals surface area contributed by atoms with Gasteiger partial charge < -0.3 is 14.8 Å². The lowest BCUT2D eigenvalue weighted by atomic mass is 10.1. The molecule has 152 valence electrons. The number of esters is 1. The number of ether oxygens (including phenoxy) is 2. The van der Waals surface area contributed by atoms with Crippen LogP contribution in [0.1, 0.15) is 30.0 Å². The van der Waals surface area contributed by atoms with Crippen LogP contribution >= 0.6 is 0 Å². The maximum atomic E-state index is 12.5. The van der Waals surface area contributed by atoms with Crippen LogP contribution in [0.3, 0.4) is 0 Å². The van der Waals surface area contributed by atoms with Gasteiger partial charge in [-0.25, -0.2) is 13.1 Å². The third-order valence-corrected chi connectivity index (χ3v) is 5.54. The third kappa shape index (κ3) is 7.28. The van der Waals surface area contributed by atoms with Crippen LogP contribution in [0.2, 0.25) is 0 Å².